The zero-order valence-corrected chi connectivity index (χ0v) is 17.7. The summed E-state index contributed by atoms with van der Waals surface area (Å²) in [5, 5.41) is 5.10. The zero-order chi connectivity index (χ0) is 18.0. The normalized spacial score (nSPS) is 15.3. The van der Waals surface area contributed by atoms with Gasteiger partial charge in [-0.25, -0.2) is 8.42 Å². The minimum Gasteiger partial charge on any atom is -0.315 e. The lowest BCUT2D eigenvalue weighted by Gasteiger charge is -2.22. The van der Waals surface area contributed by atoms with Crippen LogP contribution in [-0.2, 0) is 10.0 Å². The Balaban J connectivity index is 0.00000140. The van der Waals surface area contributed by atoms with Crippen LogP contribution < -0.4 is 5.32 Å². The molecule has 1 aliphatic heterocycles. The Hall–Kier alpha value is -1.70. The second-order valence-corrected chi connectivity index (χ2v) is 8.32. The summed E-state index contributed by atoms with van der Waals surface area (Å²) in [6, 6.07) is 15.2. The first-order valence-corrected chi connectivity index (χ1v) is 10.2. The van der Waals surface area contributed by atoms with Gasteiger partial charge in [0.1, 0.15) is 0 Å². The Bertz CT molecular complexity index is 1020. The number of pyridine rings is 1. The molecule has 1 N–H and O–H groups in total. The SMILES string of the molecule is Cl.Cl.O=S(=O)(c1ccc2cnccc2c1-c1ccccc1)N1CCCNCC1. The van der Waals surface area contributed by atoms with Crippen LogP contribution in [-0.4, -0.2) is 43.9 Å². The summed E-state index contributed by atoms with van der Waals surface area (Å²) in [7, 11) is -3.58. The van der Waals surface area contributed by atoms with Crippen LogP contribution in [0.3, 0.4) is 0 Å². The van der Waals surface area contributed by atoms with E-state index in [4.69, 9.17) is 0 Å². The van der Waals surface area contributed by atoms with Crippen LogP contribution in [0.4, 0.5) is 0 Å². The summed E-state index contributed by atoms with van der Waals surface area (Å²) in [5.41, 5.74) is 1.65. The molecule has 1 aromatic heterocycles. The molecule has 1 fully saturated rings. The fourth-order valence-corrected chi connectivity index (χ4v) is 5.17. The lowest BCUT2D eigenvalue weighted by molar-refractivity contribution is 0.432. The first kappa shape index (κ1) is 22.6. The van der Waals surface area contributed by atoms with Crippen LogP contribution in [0.25, 0.3) is 21.9 Å². The maximum absolute atomic E-state index is 13.5. The van der Waals surface area contributed by atoms with Gasteiger partial charge in [-0.05, 0) is 36.0 Å². The summed E-state index contributed by atoms with van der Waals surface area (Å²) < 4.78 is 28.5. The number of sulfonamides is 1. The molecule has 0 spiro atoms. The highest BCUT2D eigenvalue weighted by atomic mass is 35.5. The van der Waals surface area contributed by atoms with Gasteiger partial charge in [0, 0.05) is 43.0 Å². The molecule has 1 saturated heterocycles. The van der Waals surface area contributed by atoms with Crippen LogP contribution in [0.5, 0.6) is 0 Å². The highest BCUT2D eigenvalue weighted by Crippen LogP contribution is 2.35. The van der Waals surface area contributed by atoms with Gasteiger partial charge in [-0.15, -0.1) is 24.8 Å². The van der Waals surface area contributed by atoms with Crippen molar-refractivity contribution >= 4 is 45.6 Å². The monoisotopic (exact) mass is 439 g/mol. The van der Waals surface area contributed by atoms with Crippen molar-refractivity contribution in [1.82, 2.24) is 14.6 Å². The number of aromatic nitrogens is 1. The molecule has 0 aliphatic carbocycles. The third kappa shape index (κ3) is 4.31. The highest BCUT2D eigenvalue weighted by molar-refractivity contribution is 7.89. The summed E-state index contributed by atoms with van der Waals surface area (Å²) in [6.45, 7) is 2.56. The number of halogens is 2. The van der Waals surface area contributed by atoms with E-state index in [2.05, 4.69) is 10.3 Å². The van der Waals surface area contributed by atoms with E-state index < -0.39 is 10.0 Å². The second-order valence-electron chi connectivity index (χ2n) is 6.41. The predicted molar refractivity (Wildman–Crippen MR) is 118 cm³/mol. The molecule has 1 aliphatic rings. The lowest BCUT2D eigenvalue weighted by Crippen LogP contribution is -2.34. The average Bonchev–Trinajstić information content (AvgIpc) is 2.98. The number of nitrogens with zero attached hydrogens (tertiary/aromatic N) is 2. The molecule has 0 saturated carbocycles. The van der Waals surface area contributed by atoms with E-state index in [0.29, 0.717) is 24.5 Å². The standard InChI is InChI=1S/C20H21N3O2S.2ClH/c24-26(25,23-13-4-10-21-12-14-23)19-8-7-17-15-22-11-9-18(17)20(19)16-5-2-1-3-6-16;;/h1-3,5-9,11,15,21H,4,10,12-14H2;2*1H. The van der Waals surface area contributed by atoms with Crippen LogP contribution >= 0.6 is 24.8 Å². The summed E-state index contributed by atoms with van der Waals surface area (Å²) >= 11 is 0. The van der Waals surface area contributed by atoms with Gasteiger partial charge in [0.15, 0.2) is 0 Å². The maximum atomic E-state index is 13.5. The zero-order valence-electron chi connectivity index (χ0n) is 15.2. The number of fused-ring (bicyclic) bond motifs is 1. The van der Waals surface area contributed by atoms with Gasteiger partial charge in [0.2, 0.25) is 10.0 Å². The van der Waals surface area contributed by atoms with Crippen molar-refractivity contribution in [3.05, 3.63) is 60.9 Å². The molecular formula is C20H23Cl2N3O2S. The molecule has 0 unspecified atom stereocenters. The molecule has 0 atom stereocenters. The van der Waals surface area contributed by atoms with E-state index in [9.17, 15) is 8.42 Å². The Kier molecular flexibility index (Phi) is 7.80. The van der Waals surface area contributed by atoms with Crippen LogP contribution in [0.1, 0.15) is 6.42 Å². The third-order valence-electron chi connectivity index (χ3n) is 4.76. The van der Waals surface area contributed by atoms with E-state index in [0.717, 1.165) is 34.9 Å². The maximum Gasteiger partial charge on any atom is 0.243 e. The molecule has 2 aromatic carbocycles. The van der Waals surface area contributed by atoms with Crippen molar-refractivity contribution < 1.29 is 8.42 Å². The van der Waals surface area contributed by atoms with E-state index in [1.807, 2.05) is 42.5 Å². The van der Waals surface area contributed by atoms with Crippen LogP contribution in [0.15, 0.2) is 65.8 Å². The lowest BCUT2D eigenvalue weighted by atomic mass is 9.99. The van der Waals surface area contributed by atoms with Gasteiger partial charge in [0.25, 0.3) is 0 Å². The van der Waals surface area contributed by atoms with Crippen molar-refractivity contribution in [2.24, 2.45) is 0 Å². The number of rotatable bonds is 3. The molecular weight excluding hydrogens is 417 g/mol. The molecule has 150 valence electrons. The summed E-state index contributed by atoms with van der Waals surface area (Å²) in [4.78, 5) is 4.54. The van der Waals surface area contributed by atoms with Gasteiger partial charge in [-0.3, -0.25) is 4.98 Å². The second kappa shape index (κ2) is 9.67. The minimum atomic E-state index is -3.58. The highest BCUT2D eigenvalue weighted by Gasteiger charge is 2.28. The van der Waals surface area contributed by atoms with Gasteiger partial charge in [0.05, 0.1) is 4.90 Å². The summed E-state index contributed by atoms with van der Waals surface area (Å²) in [5.74, 6) is 0. The fraction of sp³-hybridized carbons (Fsp3) is 0.250. The predicted octanol–water partition coefficient (Wildman–Crippen LogP) is 3.73. The van der Waals surface area contributed by atoms with Crippen LogP contribution in [0.2, 0.25) is 0 Å². The Morgan fingerprint density at radius 1 is 0.929 bits per heavy atom. The first-order valence-electron chi connectivity index (χ1n) is 8.81. The number of hydrogen-bond acceptors (Lipinski definition) is 4. The molecule has 0 radical (unpaired) electrons. The summed E-state index contributed by atoms with van der Waals surface area (Å²) in [6.07, 6.45) is 4.30. The average molecular weight is 440 g/mol. The van der Waals surface area contributed by atoms with E-state index in [1.54, 1.807) is 22.8 Å². The third-order valence-corrected chi connectivity index (χ3v) is 6.70. The van der Waals surface area contributed by atoms with E-state index >= 15 is 0 Å². The largest absolute Gasteiger partial charge is 0.315 e. The van der Waals surface area contributed by atoms with Gasteiger partial charge >= 0.3 is 0 Å². The van der Waals surface area contributed by atoms with Gasteiger partial charge in [-0.1, -0.05) is 36.4 Å². The fourth-order valence-electron chi connectivity index (χ4n) is 3.47. The Morgan fingerprint density at radius 2 is 1.71 bits per heavy atom. The Labute approximate surface area is 178 Å². The number of nitrogens with one attached hydrogen (secondary N) is 1. The molecule has 28 heavy (non-hydrogen) atoms. The molecule has 8 heteroatoms. The van der Waals surface area contributed by atoms with Crippen molar-refractivity contribution in [2.75, 3.05) is 26.2 Å². The van der Waals surface area contributed by atoms with E-state index in [1.165, 1.54) is 0 Å². The van der Waals surface area contributed by atoms with Crippen molar-refractivity contribution in [3.63, 3.8) is 0 Å². The molecule has 4 rings (SSSR count). The number of hydrogen-bond donors (Lipinski definition) is 1. The molecule has 0 amide bonds. The molecule has 0 bridgehead atoms. The van der Waals surface area contributed by atoms with Crippen molar-refractivity contribution in [2.45, 2.75) is 11.3 Å². The number of benzene rings is 2. The van der Waals surface area contributed by atoms with Crippen molar-refractivity contribution in [1.29, 1.82) is 0 Å². The van der Waals surface area contributed by atoms with Crippen molar-refractivity contribution in [3.8, 4) is 11.1 Å². The molecule has 5 nitrogen and oxygen atoms in total. The Morgan fingerprint density at radius 3 is 2.50 bits per heavy atom. The quantitative estimate of drug-likeness (QED) is 0.674. The smallest absolute Gasteiger partial charge is 0.243 e. The van der Waals surface area contributed by atoms with E-state index in [-0.39, 0.29) is 24.8 Å². The first-order chi connectivity index (χ1) is 12.7. The van der Waals surface area contributed by atoms with Gasteiger partial charge in [-0.2, -0.15) is 4.31 Å². The van der Waals surface area contributed by atoms with Crippen LogP contribution in [0, 0.1) is 0 Å². The minimum absolute atomic E-state index is 0. The molecule has 3 aromatic rings. The molecule has 2 heterocycles. The topological polar surface area (TPSA) is 62.3 Å². The van der Waals surface area contributed by atoms with Gasteiger partial charge < -0.3 is 5.32 Å².